The van der Waals surface area contributed by atoms with Crippen LogP contribution in [0.4, 0.5) is 0 Å². The Bertz CT molecular complexity index is 530. The van der Waals surface area contributed by atoms with E-state index in [1.807, 2.05) is 6.82 Å². The third-order valence-electron chi connectivity index (χ3n) is 7.74. The smallest absolute Gasteiger partial charge is 0.409 e. The van der Waals surface area contributed by atoms with Crippen LogP contribution in [0.1, 0.15) is 64.2 Å². The van der Waals surface area contributed by atoms with Crippen molar-refractivity contribution >= 4 is 7.05 Å². The molecule has 158 valence electrons. The van der Waals surface area contributed by atoms with E-state index in [1.54, 1.807) is 0 Å². The minimum absolute atomic E-state index is 0.347. The predicted octanol–water partition coefficient (Wildman–Crippen LogP) is 2.89. The minimum atomic E-state index is -0.463. The van der Waals surface area contributed by atoms with Gasteiger partial charge in [-0.05, 0) is 89.0 Å². The fourth-order valence-corrected chi connectivity index (χ4v) is 6.10. The molecule has 0 aromatic heterocycles. The Morgan fingerprint density at radius 3 is 2.50 bits per heavy atom. The molecule has 28 heavy (non-hydrogen) atoms. The summed E-state index contributed by atoms with van der Waals surface area (Å²) in [7, 11) is -0.463. The van der Waals surface area contributed by atoms with Crippen LogP contribution in [-0.2, 0) is 4.74 Å². The molecule has 4 aliphatic rings. The molecule has 6 heteroatoms. The average Bonchev–Trinajstić information content (AvgIpc) is 3.36. The number of hydrogen-bond acceptors (Lipinski definition) is 5. The molecule has 0 bridgehead atoms. The summed E-state index contributed by atoms with van der Waals surface area (Å²) >= 11 is 0. The number of ether oxygens (including phenoxy) is 1. The second-order valence-electron chi connectivity index (χ2n) is 9.57. The standard InChI is InChI=1S/C22H39BN2O3/c1-23(27)25-16-20(19-6-2-3-7-21(19)25)22(26)17-8-10-18(11-9-17)28-15-14-24-12-4-5-13-24/h16-19,21-22,26-27H,2-15H2,1H3. The minimum Gasteiger partial charge on any atom is -0.432 e. The van der Waals surface area contributed by atoms with Crippen molar-refractivity contribution in [3.8, 4) is 0 Å². The monoisotopic (exact) mass is 390 g/mol. The molecule has 2 N–H and O–H groups in total. The lowest BCUT2D eigenvalue weighted by molar-refractivity contribution is -0.00617. The van der Waals surface area contributed by atoms with Gasteiger partial charge in [0.2, 0.25) is 0 Å². The first-order chi connectivity index (χ1) is 13.6. The summed E-state index contributed by atoms with van der Waals surface area (Å²) in [6.45, 7) is 6.26. The van der Waals surface area contributed by atoms with Crippen LogP contribution in [-0.4, -0.2) is 71.4 Å². The number of likely N-dealkylation sites (tertiary alicyclic amines) is 1. The number of hydrogen-bond donors (Lipinski definition) is 2. The molecule has 3 atom stereocenters. The molecule has 3 unspecified atom stereocenters. The van der Waals surface area contributed by atoms with Crippen LogP contribution >= 0.6 is 0 Å². The van der Waals surface area contributed by atoms with Crippen molar-refractivity contribution in [3.05, 3.63) is 11.8 Å². The van der Waals surface area contributed by atoms with Crippen molar-refractivity contribution in [2.24, 2.45) is 11.8 Å². The van der Waals surface area contributed by atoms with E-state index in [0.717, 1.165) is 51.7 Å². The third-order valence-corrected chi connectivity index (χ3v) is 7.74. The first-order valence-corrected chi connectivity index (χ1v) is 11.8. The first-order valence-electron chi connectivity index (χ1n) is 11.8. The maximum Gasteiger partial charge on any atom is 0.409 e. The first kappa shape index (κ1) is 20.7. The Morgan fingerprint density at radius 2 is 1.79 bits per heavy atom. The number of fused-ring (bicyclic) bond motifs is 1. The molecule has 0 aromatic carbocycles. The van der Waals surface area contributed by atoms with Gasteiger partial charge in [0.15, 0.2) is 0 Å². The average molecular weight is 390 g/mol. The van der Waals surface area contributed by atoms with Crippen LogP contribution in [0.5, 0.6) is 0 Å². The summed E-state index contributed by atoms with van der Waals surface area (Å²) in [5, 5.41) is 21.4. The van der Waals surface area contributed by atoms with Crippen molar-refractivity contribution < 1.29 is 14.9 Å². The zero-order chi connectivity index (χ0) is 19.5. The zero-order valence-corrected chi connectivity index (χ0v) is 17.6. The SMILES string of the molecule is CB(O)N1C=C(C(O)C2CCC(OCCN3CCCC3)CC2)C2CCCCC21. The molecule has 1 saturated heterocycles. The summed E-state index contributed by atoms with van der Waals surface area (Å²) in [6.07, 6.45) is 13.9. The lowest BCUT2D eigenvalue weighted by Gasteiger charge is -2.37. The van der Waals surface area contributed by atoms with Gasteiger partial charge < -0.3 is 24.6 Å². The van der Waals surface area contributed by atoms with Crippen LogP contribution in [0.25, 0.3) is 0 Å². The molecule has 2 aliphatic heterocycles. The number of aliphatic hydroxyl groups is 1. The second-order valence-corrected chi connectivity index (χ2v) is 9.57. The molecule has 2 heterocycles. The molecule has 0 radical (unpaired) electrons. The van der Waals surface area contributed by atoms with Crippen LogP contribution in [0.15, 0.2) is 11.8 Å². The van der Waals surface area contributed by atoms with Crippen molar-refractivity contribution in [2.75, 3.05) is 26.2 Å². The highest BCUT2D eigenvalue weighted by molar-refractivity contribution is 6.45. The van der Waals surface area contributed by atoms with Gasteiger partial charge in [-0.2, -0.15) is 0 Å². The van der Waals surface area contributed by atoms with Gasteiger partial charge in [0.1, 0.15) is 0 Å². The van der Waals surface area contributed by atoms with Gasteiger partial charge >= 0.3 is 7.05 Å². The highest BCUT2D eigenvalue weighted by Crippen LogP contribution is 2.43. The second kappa shape index (κ2) is 9.50. The van der Waals surface area contributed by atoms with Crippen LogP contribution in [0.2, 0.25) is 6.82 Å². The maximum absolute atomic E-state index is 11.2. The van der Waals surface area contributed by atoms with Crippen molar-refractivity contribution in [2.45, 2.75) is 89.3 Å². The molecule has 0 aromatic rings. The van der Waals surface area contributed by atoms with Crippen molar-refractivity contribution in [1.29, 1.82) is 0 Å². The van der Waals surface area contributed by atoms with E-state index in [4.69, 9.17) is 4.74 Å². The predicted molar refractivity (Wildman–Crippen MR) is 113 cm³/mol. The van der Waals surface area contributed by atoms with Gasteiger partial charge in [-0.3, -0.25) is 0 Å². The van der Waals surface area contributed by atoms with Gasteiger partial charge in [0, 0.05) is 18.5 Å². The number of aliphatic hydroxyl groups excluding tert-OH is 1. The van der Waals surface area contributed by atoms with Crippen molar-refractivity contribution in [3.63, 3.8) is 0 Å². The van der Waals surface area contributed by atoms with Crippen LogP contribution < -0.4 is 0 Å². The Morgan fingerprint density at radius 1 is 1.07 bits per heavy atom. The van der Waals surface area contributed by atoms with E-state index < -0.39 is 7.05 Å². The fraction of sp³-hybridized carbons (Fsp3) is 0.909. The third kappa shape index (κ3) is 4.61. The summed E-state index contributed by atoms with van der Waals surface area (Å²) in [5.41, 5.74) is 1.20. The molecule has 3 fully saturated rings. The molecule has 0 spiro atoms. The molecular weight excluding hydrogens is 351 g/mol. The van der Waals surface area contributed by atoms with E-state index in [2.05, 4.69) is 15.9 Å². The highest BCUT2D eigenvalue weighted by atomic mass is 16.5. The van der Waals surface area contributed by atoms with Gasteiger partial charge in [0.05, 0.1) is 18.8 Å². The van der Waals surface area contributed by atoms with E-state index >= 15 is 0 Å². The topological polar surface area (TPSA) is 56.2 Å². The molecule has 5 nitrogen and oxygen atoms in total. The van der Waals surface area contributed by atoms with E-state index in [9.17, 15) is 10.1 Å². The van der Waals surface area contributed by atoms with E-state index in [-0.39, 0.29) is 6.10 Å². The zero-order valence-electron chi connectivity index (χ0n) is 17.6. The summed E-state index contributed by atoms with van der Waals surface area (Å²) in [6, 6.07) is 0.392. The van der Waals surface area contributed by atoms with Crippen LogP contribution in [0.3, 0.4) is 0 Å². The Labute approximate surface area is 171 Å². The lowest BCUT2D eigenvalue weighted by atomic mass is 9.73. The van der Waals surface area contributed by atoms with Crippen LogP contribution in [0, 0.1) is 11.8 Å². The number of rotatable bonds is 7. The fourth-order valence-electron chi connectivity index (χ4n) is 6.10. The molecule has 2 aliphatic carbocycles. The Hall–Kier alpha value is -0.555. The maximum atomic E-state index is 11.2. The highest BCUT2D eigenvalue weighted by Gasteiger charge is 2.43. The Kier molecular flexibility index (Phi) is 7.03. The van der Waals surface area contributed by atoms with Gasteiger partial charge in [-0.25, -0.2) is 0 Å². The molecule has 4 rings (SSSR count). The molecule has 2 saturated carbocycles. The van der Waals surface area contributed by atoms with Gasteiger partial charge in [-0.1, -0.05) is 12.8 Å². The van der Waals surface area contributed by atoms with Gasteiger partial charge in [0.25, 0.3) is 0 Å². The van der Waals surface area contributed by atoms with E-state index in [0.29, 0.717) is 24.0 Å². The van der Waals surface area contributed by atoms with Crippen molar-refractivity contribution in [1.82, 2.24) is 9.71 Å². The summed E-state index contributed by atoms with van der Waals surface area (Å²) in [5.74, 6) is 0.786. The van der Waals surface area contributed by atoms with Gasteiger partial charge in [-0.15, -0.1) is 0 Å². The summed E-state index contributed by atoms with van der Waals surface area (Å²) < 4.78 is 6.15. The number of nitrogens with zero attached hydrogens (tertiary/aromatic N) is 2. The summed E-state index contributed by atoms with van der Waals surface area (Å²) in [4.78, 5) is 4.62. The lowest BCUT2D eigenvalue weighted by Crippen LogP contribution is -2.43. The quantitative estimate of drug-likeness (QED) is 0.655. The molecule has 0 amide bonds. The Balaban J connectivity index is 1.26. The molecular formula is C22H39BN2O3. The normalized spacial score (nSPS) is 35.0. The van der Waals surface area contributed by atoms with E-state index in [1.165, 1.54) is 44.3 Å². The largest absolute Gasteiger partial charge is 0.432 e.